The van der Waals surface area contributed by atoms with Gasteiger partial charge in [0.25, 0.3) is 0 Å². The fraction of sp³-hybridized carbons (Fsp3) is 0.727. The molecule has 0 spiro atoms. The van der Waals surface area contributed by atoms with E-state index in [9.17, 15) is 4.79 Å². The Morgan fingerprint density at radius 3 is 2.85 bits per heavy atom. The van der Waals surface area contributed by atoms with Gasteiger partial charge in [-0.3, -0.25) is 4.79 Å². The molecule has 1 saturated heterocycles. The van der Waals surface area contributed by atoms with Crippen LogP contribution in [0.15, 0.2) is 11.6 Å². The Bertz CT molecular complexity index is 198. The number of carbonyl (C=O) groups excluding carboxylic acids is 1. The van der Waals surface area contributed by atoms with Gasteiger partial charge in [0, 0.05) is 6.42 Å². The average molecular weight is 181 g/mol. The Hall–Kier alpha value is -0.630. The summed E-state index contributed by atoms with van der Waals surface area (Å²) in [5, 5.41) is 3.31. The van der Waals surface area contributed by atoms with Crippen LogP contribution in [-0.2, 0) is 4.79 Å². The van der Waals surface area contributed by atoms with Crippen LogP contribution < -0.4 is 5.32 Å². The van der Waals surface area contributed by atoms with Crippen LogP contribution in [0.25, 0.3) is 0 Å². The number of carbonyl (C=O) groups is 1. The molecule has 0 saturated carbocycles. The van der Waals surface area contributed by atoms with Crippen molar-refractivity contribution in [3.8, 4) is 0 Å². The predicted octanol–water partition coefficient (Wildman–Crippen LogP) is 1.91. The largest absolute Gasteiger partial charge is 0.316 e. The molecule has 2 heteroatoms. The zero-order chi connectivity index (χ0) is 9.68. The van der Waals surface area contributed by atoms with E-state index < -0.39 is 0 Å². The van der Waals surface area contributed by atoms with Crippen LogP contribution in [0, 0.1) is 5.92 Å². The van der Waals surface area contributed by atoms with Gasteiger partial charge < -0.3 is 5.32 Å². The normalized spacial score (nSPS) is 21.5. The first-order valence-corrected chi connectivity index (χ1v) is 5.07. The van der Waals surface area contributed by atoms with Crippen molar-refractivity contribution in [1.29, 1.82) is 0 Å². The summed E-state index contributed by atoms with van der Waals surface area (Å²) >= 11 is 0. The number of hydrogen-bond acceptors (Lipinski definition) is 2. The lowest BCUT2D eigenvalue weighted by atomic mass is 10.0. The number of allylic oxidation sites excluding steroid dienone is 2. The van der Waals surface area contributed by atoms with Gasteiger partial charge in [0.15, 0.2) is 5.78 Å². The lowest BCUT2D eigenvalue weighted by Gasteiger charge is -2.05. The van der Waals surface area contributed by atoms with Gasteiger partial charge in [-0.05, 0) is 51.8 Å². The molecule has 1 heterocycles. The van der Waals surface area contributed by atoms with Crippen LogP contribution in [0.2, 0.25) is 0 Å². The number of nitrogens with one attached hydrogen (secondary N) is 1. The van der Waals surface area contributed by atoms with Gasteiger partial charge in [0.1, 0.15) is 0 Å². The fourth-order valence-corrected chi connectivity index (χ4v) is 1.70. The third kappa shape index (κ3) is 4.23. The Labute approximate surface area is 80.4 Å². The van der Waals surface area contributed by atoms with E-state index in [0.717, 1.165) is 37.4 Å². The van der Waals surface area contributed by atoms with E-state index in [1.54, 1.807) is 6.08 Å². The minimum absolute atomic E-state index is 0.284. The highest BCUT2D eigenvalue weighted by atomic mass is 16.1. The minimum Gasteiger partial charge on any atom is -0.316 e. The van der Waals surface area contributed by atoms with Crippen molar-refractivity contribution in [2.24, 2.45) is 5.92 Å². The standard InChI is InChI=1S/C11H19NO/c1-9(2)7-11(13)4-3-10-5-6-12-8-10/h7,10,12H,3-6,8H2,1-2H3. The van der Waals surface area contributed by atoms with Gasteiger partial charge in [-0.1, -0.05) is 5.57 Å². The van der Waals surface area contributed by atoms with Crippen LogP contribution in [0.1, 0.15) is 33.1 Å². The highest BCUT2D eigenvalue weighted by molar-refractivity contribution is 5.90. The summed E-state index contributed by atoms with van der Waals surface area (Å²) in [5.41, 5.74) is 1.11. The molecule has 0 aliphatic carbocycles. The molecule has 1 N–H and O–H groups in total. The van der Waals surface area contributed by atoms with Gasteiger partial charge in [0.05, 0.1) is 0 Å². The van der Waals surface area contributed by atoms with Crippen molar-refractivity contribution in [1.82, 2.24) is 5.32 Å². The van der Waals surface area contributed by atoms with Gasteiger partial charge in [-0.25, -0.2) is 0 Å². The molecule has 1 fully saturated rings. The summed E-state index contributed by atoms with van der Waals surface area (Å²) in [6.07, 6.45) is 4.76. The summed E-state index contributed by atoms with van der Waals surface area (Å²) in [6, 6.07) is 0. The van der Waals surface area contributed by atoms with E-state index in [1.165, 1.54) is 6.42 Å². The van der Waals surface area contributed by atoms with E-state index in [-0.39, 0.29) is 5.78 Å². The Morgan fingerprint density at radius 2 is 2.31 bits per heavy atom. The van der Waals surface area contributed by atoms with E-state index in [0.29, 0.717) is 0 Å². The first kappa shape index (κ1) is 10.5. The van der Waals surface area contributed by atoms with Crippen molar-refractivity contribution >= 4 is 5.78 Å². The van der Waals surface area contributed by atoms with Crippen LogP contribution in [0.5, 0.6) is 0 Å². The van der Waals surface area contributed by atoms with Gasteiger partial charge >= 0.3 is 0 Å². The van der Waals surface area contributed by atoms with E-state index >= 15 is 0 Å². The molecule has 1 rings (SSSR count). The number of hydrogen-bond donors (Lipinski definition) is 1. The lowest BCUT2D eigenvalue weighted by Crippen LogP contribution is -2.09. The van der Waals surface area contributed by atoms with Crippen LogP contribution >= 0.6 is 0 Å². The van der Waals surface area contributed by atoms with Gasteiger partial charge in [0.2, 0.25) is 0 Å². The molecule has 0 amide bonds. The summed E-state index contributed by atoms with van der Waals surface area (Å²) < 4.78 is 0. The maximum Gasteiger partial charge on any atom is 0.155 e. The van der Waals surface area contributed by atoms with Crippen LogP contribution in [0.4, 0.5) is 0 Å². The topological polar surface area (TPSA) is 29.1 Å². The van der Waals surface area contributed by atoms with Crippen molar-refractivity contribution in [2.45, 2.75) is 33.1 Å². The Kier molecular flexibility index (Phi) is 4.16. The first-order chi connectivity index (χ1) is 6.18. The van der Waals surface area contributed by atoms with Gasteiger partial charge in [-0.2, -0.15) is 0 Å². The second-order valence-electron chi connectivity index (χ2n) is 4.09. The molecule has 0 aromatic carbocycles. The first-order valence-electron chi connectivity index (χ1n) is 5.07. The Morgan fingerprint density at radius 1 is 1.54 bits per heavy atom. The summed E-state index contributed by atoms with van der Waals surface area (Å²) in [4.78, 5) is 11.3. The van der Waals surface area contributed by atoms with Crippen LogP contribution in [0.3, 0.4) is 0 Å². The van der Waals surface area contributed by atoms with E-state index in [1.807, 2.05) is 13.8 Å². The fourth-order valence-electron chi connectivity index (χ4n) is 1.70. The number of ketones is 1. The summed E-state index contributed by atoms with van der Waals surface area (Å²) in [5.74, 6) is 1.02. The molecule has 1 unspecified atom stereocenters. The smallest absolute Gasteiger partial charge is 0.155 e. The lowest BCUT2D eigenvalue weighted by molar-refractivity contribution is -0.114. The zero-order valence-corrected chi connectivity index (χ0v) is 8.60. The molecule has 0 aromatic rings. The third-order valence-corrected chi connectivity index (χ3v) is 2.41. The van der Waals surface area contributed by atoms with E-state index in [4.69, 9.17) is 0 Å². The Balaban J connectivity index is 2.18. The minimum atomic E-state index is 0.284. The molecular formula is C11H19NO. The van der Waals surface area contributed by atoms with Crippen molar-refractivity contribution < 1.29 is 4.79 Å². The second-order valence-corrected chi connectivity index (χ2v) is 4.09. The third-order valence-electron chi connectivity index (χ3n) is 2.41. The second kappa shape index (κ2) is 5.18. The molecule has 0 aromatic heterocycles. The van der Waals surface area contributed by atoms with Crippen molar-refractivity contribution in [2.75, 3.05) is 13.1 Å². The SMILES string of the molecule is CC(C)=CC(=O)CCC1CCNC1. The molecular weight excluding hydrogens is 162 g/mol. The molecule has 2 nitrogen and oxygen atoms in total. The molecule has 1 aliphatic rings. The highest BCUT2D eigenvalue weighted by Crippen LogP contribution is 2.14. The molecule has 0 radical (unpaired) electrons. The quantitative estimate of drug-likeness (QED) is 0.671. The van der Waals surface area contributed by atoms with E-state index in [2.05, 4.69) is 5.32 Å². The summed E-state index contributed by atoms with van der Waals surface area (Å²) in [6.45, 7) is 6.16. The molecule has 1 atom stereocenters. The number of rotatable bonds is 4. The maximum atomic E-state index is 11.3. The molecule has 74 valence electrons. The van der Waals surface area contributed by atoms with Gasteiger partial charge in [-0.15, -0.1) is 0 Å². The van der Waals surface area contributed by atoms with Crippen molar-refractivity contribution in [3.05, 3.63) is 11.6 Å². The maximum absolute atomic E-state index is 11.3. The van der Waals surface area contributed by atoms with Crippen molar-refractivity contribution in [3.63, 3.8) is 0 Å². The highest BCUT2D eigenvalue weighted by Gasteiger charge is 2.14. The molecule has 1 aliphatic heterocycles. The summed E-state index contributed by atoms with van der Waals surface area (Å²) in [7, 11) is 0. The zero-order valence-electron chi connectivity index (χ0n) is 8.60. The van der Waals surface area contributed by atoms with Crippen LogP contribution in [-0.4, -0.2) is 18.9 Å². The monoisotopic (exact) mass is 181 g/mol. The molecule has 13 heavy (non-hydrogen) atoms. The predicted molar refractivity (Wildman–Crippen MR) is 54.6 cm³/mol. The molecule has 0 bridgehead atoms. The average Bonchev–Trinajstić information content (AvgIpc) is 2.51.